The average Bonchev–Trinajstić information content (AvgIpc) is 2.28. The summed E-state index contributed by atoms with van der Waals surface area (Å²) in [5.41, 5.74) is 1.89. The first kappa shape index (κ1) is 10.5. The molecule has 0 radical (unpaired) electrons. The molecule has 0 atom stereocenters. The third-order valence-corrected chi connectivity index (χ3v) is 2.23. The molecule has 0 bridgehead atoms. The Bertz CT molecular complexity index is 511. The van der Waals surface area contributed by atoms with Gasteiger partial charge in [-0.25, -0.2) is 14.4 Å². The maximum Gasteiger partial charge on any atom is 0.223 e. The van der Waals surface area contributed by atoms with Crippen LogP contribution in [0.15, 0.2) is 30.3 Å². The number of hydrogen-bond donors (Lipinski definition) is 1. The second-order valence-electron chi connectivity index (χ2n) is 3.45. The van der Waals surface area contributed by atoms with Crippen molar-refractivity contribution >= 4 is 5.95 Å². The van der Waals surface area contributed by atoms with Crippen molar-refractivity contribution in [1.82, 2.24) is 9.97 Å². The van der Waals surface area contributed by atoms with Crippen molar-refractivity contribution in [2.24, 2.45) is 0 Å². The first-order chi connectivity index (χ1) is 7.70. The molecule has 1 aromatic heterocycles. The SMILES string of the molecule is CNc1nc(C)cc(-c2ccccc2F)n1. The summed E-state index contributed by atoms with van der Waals surface area (Å²) in [6.07, 6.45) is 0. The van der Waals surface area contributed by atoms with Crippen molar-refractivity contribution in [3.05, 3.63) is 41.8 Å². The van der Waals surface area contributed by atoms with Gasteiger partial charge in [0.2, 0.25) is 5.95 Å². The van der Waals surface area contributed by atoms with E-state index in [4.69, 9.17) is 0 Å². The summed E-state index contributed by atoms with van der Waals surface area (Å²) in [6.45, 7) is 1.85. The lowest BCUT2D eigenvalue weighted by Crippen LogP contribution is -2.00. The quantitative estimate of drug-likeness (QED) is 0.840. The zero-order valence-electron chi connectivity index (χ0n) is 9.16. The van der Waals surface area contributed by atoms with Gasteiger partial charge in [0.25, 0.3) is 0 Å². The van der Waals surface area contributed by atoms with Gasteiger partial charge in [-0.1, -0.05) is 12.1 Å². The Labute approximate surface area is 93.4 Å². The van der Waals surface area contributed by atoms with Crippen LogP contribution < -0.4 is 5.32 Å². The van der Waals surface area contributed by atoms with Crippen molar-refractivity contribution in [3.8, 4) is 11.3 Å². The Balaban J connectivity index is 2.56. The van der Waals surface area contributed by atoms with E-state index in [1.807, 2.05) is 6.92 Å². The fourth-order valence-corrected chi connectivity index (χ4v) is 1.49. The van der Waals surface area contributed by atoms with E-state index in [-0.39, 0.29) is 5.82 Å². The van der Waals surface area contributed by atoms with Gasteiger partial charge in [0.1, 0.15) is 5.82 Å². The summed E-state index contributed by atoms with van der Waals surface area (Å²) in [5, 5.41) is 2.85. The maximum atomic E-state index is 13.6. The number of halogens is 1. The Morgan fingerprint density at radius 1 is 1.19 bits per heavy atom. The summed E-state index contributed by atoms with van der Waals surface area (Å²) in [6, 6.07) is 8.34. The van der Waals surface area contributed by atoms with Gasteiger partial charge >= 0.3 is 0 Å². The number of nitrogens with zero attached hydrogens (tertiary/aromatic N) is 2. The molecule has 0 aliphatic heterocycles. The lowest BCUT2D eigenvalue weighted by Gasteiger charge is -2.06. The largest absolute Gasteiger partial charge is 0.357 e. The molecule has 1 N–H and O–H groups in total. The van der Waals surface area contributed by atoms with Crippen LogP contribution in [0.4, 0.5) is 10.3 Å². The highest BCUT2D eigenvalue weighted by molar-refractivity contribution is 5.61. The number of rotatable bonds is 2. The maximum absolute atomic E-state index is 13.6. The van der Waals surface area contributed by atoms with E-state index in [0.29, 0.717) is 17.2 Å². The normalized spacial score (nSPS) is 10.2. The van der Waals surface area contributed by atoms with Gasteiger partial charge in [-0.05, 0) is 25.1 Å². The summed E-state index contributed by atoms with van der Waals surface area (Å²) in [7, 11) is 1.74. The molecule has 1 heterocycles. The van der Waals surface area contributed by atoms with E-state index < -0.39 is 0 Å². The second-order valence-corrected chi connectivity index (χ2v) is 3.45. The molecule has 2 aromatic rings. The highest BCUT2D eigenvalue weighted by Crippen LogP contribution is 2.21. The van der Waals surface area contributed by atoms with Crippen molar-refractivity contribution in [2.45, 2.75) is 6.92 Å². The van der Waals surface area contributed by atoms with Crippen LogP contribution in [0, 0.1) is 12.7 Å². The summed E-state index contributed by atoms with van der Waals surface area (Å²) in [5.74, 6) is 0.223. The van der Waals surface area contributed by atoms with E-state index >= 15 is 0 Å². The number of anilines is 1. The van der Waals surface area contributed by atoms with Gasteiger partial charge in [-0.2, -0.15) is 0 Å². The average molecular weight is 217 g/mol. The minimum Gasteiger partial charge on any atom is -0.357 e. The van der Waals surface area contributed by atoms with Gasteiger partial charge in [-0.3, -0.25) is 0 Å². The molecule has 1 aromatic carbocycles. The standard InChI is InChI=1S/C12H12FN3/c1-8-7-11(16-12(14-2)15-8)9-5-3-4-6-10(9)13/h3-7H,1-2H3,(H,14,15,16). The van der Waals surface area contributed by atoms with Crippen LogP contribution in [0.2, 0.25) is 0 Å². The fourth-order valence-electron chi connectivity index (χ4n) is 1.49. The number of nitrogens with one attached hydrogen (secondary N) is 1. The predicted octanol–water partition coefficient (Wildman–Crippen LogP) is 2.63. The number of benzene rings is 1. The third kappa shape index (κ3) is 2.00. The van der Waals surface area contributed by atoms with Gasteiger partial charge in [-0.15, -0.1) is 0 Å². The van der Waals surface area contributed by atoms with Crippen LogP contribution >= 0.6 is 0 Å². The molecule has 0 fully saturated rings. The molecule has 0 amide bonds. The molecule has 0 unspecified atom stereocenters. The molecule has 0 aliphatic rings. The number of hydrogen-bond acceptors (Lipinski definition) is 3. The minimum atomic E-state index is -0.275. The monoisotopic (exact) mass is 217 g/mol. The molecule has 82 valence electrons. The summed E-state index contributed by atoms with van der Waals surface area (Å²) < 4.78 is 13.6. The summed E-state index contributed by atoms with van der Waals surface area (Å²) in [4.78, 5) is 8.38. The molecule has 0 spiro atoms. The lowest BCUT2D eigenvalue weighted by molar-refractivity contribution is 0.630. The van der Waals surface area contributed by atoms with Gasteiger partial charge in [0, 0.05) is 18.3 Å². The molecule has 2 rings (SSSR count). The third-order valence-electron chi connectivity index (χ3n) is 2.23. The van der Waals surface area contributed by atoms with Crippen LogP contribution in [0.3, 0.4) is 0 Å². The zero-order valence-corrected chi connectivity index (χ0v) is 9.16. The van der Waals surface area contributed by atoms with Crippen LogP contribution in [-0.4, -0.2) is 17.0 Å². The van der Waals surface area contributed by atoms with Crippen LogP contribution in [0.25, 0.3) is 11.3 Å². The molecule has 4 heteroatoms. The predicted molar refractivity (Wildman–Crippen MR) is 61.7 cm³/mol. The highest BCUT2D eigenvalue weighted by Gasteiger charge is 2.07. The second kappa shape index (κ2) is 4.26. The minimum absolute atomic E-state index is 0.275. The lowest BCUT2D eigenvalue weighted by atomic mass is 10.1. The van der Waals surface area contributed by atoms with Crippen LogP contribution in [0.1, 0.15) is 5.69 Å². The Morgan fingerprint density at radius 3 is 2.62 bits per heavy atom. The molecule has 3 nitrogen and oxygen atoms in total. The van der Waals surface area contributed by atoms with Crippen LogP contribution in [0.5, 0.6) is 0 Å². The Kier molecular flexibility index (Phi) is 2.81. The van der Waals surface area contributed by atoms with Crippen molar-refractivity contribution < 1.29 is 4.39 Å². The van der Waals surface area contributed by atoms with E-state index in [1.54, 1.807) is 31.3 Å². The van der Waals surface area contributed by atoms with Gasteiger partial charge in [0.05, 0.1) is 5.69 Å². The van der Waals surface area contributed by atoms with Gasteiger partial charge < -0.3 is 5.32 Å². The van der Waals surface area contributed by atoms with E-state index in [9.17, 15) is 4.39 Å². The molecule has 0 saturated carbocycles. The zero-order chi connectivity index (χ0) is 11.5. The van der Waals surface area contributed by atoms with Gasteiger partial charge in [0.15, 0.2) is 0 Å². The Hall–Kier alpha value is -1.97. The van der Waals surface area contributed by atoms with E-state index in [1.165, 1.54) is 6.07 Å². The number of aromatic nitrogens is 2. The smallest absolute Gasteiger partial charge is 0.223 e. The van der Waals surface area contributed by atoms with Crippen molar-refractivity contribution in [1.29, 1.82) is 0 Å². The molecular weight excluding hydrogens is 205 g/mol. The number of aryl methyl sites for hydroxylation is 1. The molecule has 0 saturated heterocycles. The first-order valence-corrected chi connectivity index (χ1v) is 4.99. The first-order valence-electron chi connectivity index (χ1n) is 4.99. The summed E-state index contributed by atoms with van der Waals surface area (Å²) >= 11 is 0. The van der Waals surface area contributed by atoms with Crippen LogP contribution in [-0.2, 0) is 0 Å². The molecular formula is C12H12FN3. The van der Waals surface area contributed by atoms with Crippen molar-refractivity contribution in [3.63, 3.8) is 0 Å². The fraction of sp³-hybridized carbons (Fsp3) is 0.167. The Morgan fingerprint density at radius 2 is 1.94 bits per heavy atom. The molecule has 16 heavy (non-hydrogen) atoms. The van der Waals surface area contributed by atoms with E-state index in [0.717, 1.165) is 5.69 Å². The highest BCUT2D eigenvalue weighted by atomic mass is 19.1. The molecule has 0 aliphatic carbocycles. The van der Waals surface area contributed by atoms with E-state index in [2.05, 4.69) is 15.3 Å². The van der Waals surface area contributed by atoms with Crippen molar-refractivity contribution in [2.75, 3.05) is 12.4 Å². The topological polar surface area (TPSA) is 37.8 Å².